The molecule has 5 heterocycles. The van der Waals surface area contributed by atoms with Crippen LogP contribution >= 0.6 is 0 Å². The maximum Gasteiger partial charge on any atom is 0.435 e. The van der Waals surface area contributed by atoms with Crippen LogP contribution in [0, 0.1) is 0 Å². The molecule has 4 aromatic rings. The number of hydrogen-bond acceptors (Lipinski definition) is 4. The van der Waals surface area contributed by atoms with Crippen LogP contribution in [0.2, 0.25) is 0 Å². The number of halogens is 3. The van der Waals surface area contributed by atoms with Crippen molar-refractivity contribution in [2.24, 2.45) is 7.05 Å². The zero-order valence-corrected chi connectivity index (χ0v) is 17.4. The van der Waals surface area contributed by atoms with Crippen LogP contribution in [0.5, 0.6) is 0 Å². The van der Waals surface area contributed by atoms with Crippen LogP contribution in [0.3, 0.4) is 0 Å². The maximum atomic E-state index is 13.8. The SMILES string of the molecule is CCN1C(=O)CCCn2cc(c(C(F)(F)F)n2)-c2c[nH]c3ncc(cc23)-c2cn(C)nc21. The number of H-pyrrole nitrogens is 1. The third-order valence-corrected chi connectivity index (χ3v) is 5.62. The van der Waals surface area contributed by atoms with E-state index in [2.05, 4.69) is 20.2 Å². The van der Waals surface area contributed by atoms with Gasteiger partial charge in [0.05, 0.1) is 0 Å². The largest absolute Gasteiger partial charge is 0.435 e. The molecular weight excluding hydrogens is 423 g/mol. The minimum absolute atomic E-state index is 0.0207. The second-order valence-corrected chi connectivity index (χ2v) is 7.76. The Kier molecular flexibility index (Phi) is 4.57. The molecule has 4 bridgehead atoms. The fourth-order valence-corrected chi connectivity index (χ4v) is 4.17. The van der Waals surface area contributed by atoms with Crippen LogP contribution in [0.4, 0.5) is 19.0 Å². The van der Waals surface area contributed by atoms with Gasteiger partial charge in [-0.3, -0.25) is 19.1 Å². The molecule has 1 aliphatic heterocycles. The van der Waals surface area contributed by atoms with Gasteiger partial charge in [-0.1, -0.05) is 0 Å². The molecule has 32 heavy (non-hydrogen) atoms. The van der Waals surface area contributed by atoms with E-state index in [4.69, 9.17) is 0 Å². The Morgan fingerprint density at radius 3 is 2.72 bits per heavy atom. The topological polar surface area (TPSA) is 84.6 Å². The molecule has 4 aromatic heterocycles. The van der Waals surface area contributed by atoms with Crippen molar-refractivity contribution < 1.29 is 18.0 Å². The van der Waals surface area contributed by atoms with Crippen molar-refractivity contribution in [3.63, 3.8) is 0 Å². The highest BCUT2D eigenvalue weighted by molar-refractivity contribution is 5.99. The van der Waals surface area contributed by atoms with Crippen LogP contribution in [-0.2, 0) is 24.6 Å². The Bertz CT molecular complexity index is 1330. The summed E-state index contributed by atoms with van der Waals surface area (Å²) in [6.45, 7) is 2.46. The first-order chi connectivity index (χ1) is 15.3. The summed E-state index contributed by atoms with van der Waals surface area (Å²) in [5, 5.41) is 8.83. The molecule has 1 N–H and O–H groups in total. The number of carbonyl (C=O) groups excluding carboxylic acids is 1. The molecule has 0 atom stereocenters. The van der Waals surface area contributed by atoms with E-state index in [1.54, 1.807) is 35.1 Å². The molecule has 166 valence electrons. The van der Waals surface area contributed by atoms with Crippen molar-refractivity contribution in [1.82, 2.24) is 29.5 Å². The van der Waals surface area contributed by atoms with E-state index in [1.165, 1.54) is 17.1 Å². The van der Waals surface area contributed by atoms with Gasteiger partial charge in [0.15, 0.2) is 11.5 Å². The molecule has 5 rings (SSSR count). The van der Waals surface area contributed by atoms with Crippen molar-refractivity contribution in [2.45, 2.75) is 32.5 Å². The number of aromatic nitrogens is 6. The third-order valence-electron chi connectivity index (χ3n) is 5.62. The average molecular weight is 443 g/mol. The minimum Gasteiger partial charge on any atom is -0.346 e. The number of rotatable bonds is 1. The van der Waals surface area contributed by atoms with Gasteiger partial charge in [-0.05, 0) is 19.4 Å². The maximum absolute atomic E-state index is 13.8. The van der Waals surface area contributed by atoms with Gasteiger partial charge in [0.2, 0.25) is 5.91 Å². The predicted molar refractivity (Wildman–Crippen MR) is 112 cm³/mol. The summed E-state index contributed by atoms with van der Waals surface area (Å²) in [6.07, 6.45) is 2.22. The van der Waals surface area contributed by atoms with Crippen molar-refractivity contribution in [1.29, 1.82) is 0 Å². The fourth-order valence-electron chi connectivity index (χ4n) is 4.17. The number of aromatic amines is 1. The highest BCUT2D eigenvalue weighted by atomic mass is 19.4. The summed E-state index contributed by atoms with van der Waals surface area (Å²) in [6, 6.07) is 1.77. The molecule has 0 saturated heterocycles. The smallest absolute Gasteiger partial charge is 0.346 e. The number of nitrogens with one attached hydrogen (secondary N) is 1. The van der Waals surface area contributed by atoms with Crippen molar-refractivity contribution in [2.75, 3.05) is 11.4 Å². The van der Waals surface area contributed by atoms with Gasteiger partial charge in [0, 0.05) is 79.0 Å². The number of alkyl halides is 3. The molecule has 11 heteroatoms. The van der Waals surface area contributed by atoms with E-state index < -0.39 is 11.9 Å². The number of carbonyl (C=O) groups is 1. The monoisotopic (exact) mass is 443 g/mol. The van der Waals surface area contributed by atoms with Gasteiger partial charge in [0.25, 0.3) is 0 Å². The summed E-state index contributed by atoms with van der Waals surface area (Å²) in [4.78, 5) is 21.9. The van der Waals surface area contributed by atoms with Gasteiger partial charge in [-0.15, -0.1) is 0 Å². The Morgan fingerprint density at radius 2 is 1.97 bits per heavy atom. The summed E-state index contributed by atoms with van der Waals surface area (Å²) in [5.74, 6) is 0.356. The van der Waals surface area contributed by atoms with Gasteiger partial charge >= 0.3 is 6.18 Å². The van der Waals surface area contributed by atoms with E-state index in [-0.39, 0.29) is 24.4 Å². The second-order valence-electron chi connectivity index (χ2n) is 7.76. The number of hydrogen-bond donors (Lipinski definition) is 1. The number of nitrogens with zero attached hydrogens (tertiary/aromatic N) is 6. The number of pyridine rings is 1. The lowest BCUT2D eigenvalue weighted by Gasteiger charge is -2.20. The molecule has 0 saturated carbocycles. The quantitative estimate of drug-likeness (QED) is 0.482. The minimum atomic E-state index is -4.62. The number of fused-ring (bicyclic) bond motifs is 6. The highest BCUT2D eigenvalue weighted by Crippen LogP contribution is 2.40. The zero-order chi connectivity index (χ0) is 22.6. The first kappa shape index (κ1) is 20.3. The lowest BCUT2D eigenvalue weighted by atomic mass is 10.0. The van der Waals surface area contributed by atoms with E-state index in [9.17, 15) is 18.0 Å². The Labute approximate surface area is 180 Å². The van der Waals surface area contributed by atoms with Crippen LogP contribution in [0.15, 0.2) is 30.9 Å². The van der Waals surface area contributed by atoms with Crippen LogP contribution in [0.1, 0.15) is 25.5 Å². The van der Waals surface area contributed by atoms with Crippen molar-refractivity contribution in [3.8, 4) is 22.3 Å². The van der Waals surface area contributed by atoms with Gasteiger partial charge in [0.1, 0.15) is 5.65 Å². The lowest BCUT2D eigenvalue weighted by molar-refractivity contribution is -0.141. The van der Waals surface area contributed by atoms with Crippen molar-refractivity contribution >= 4 is 22.8 Å². The van der Waals surface area contributed by atoms with Gasteiger partial charge in [-0.25, -0.2) is 4.98 Å². The summed E-state index contributed by atoms with van der Waals surface area (Å²) >= 11 is 0. The van der Waals surface area contributed by atoms with E-state index in [1.807, 2.05) is 6.92 Å². The predicted octanol–water partition coefficient (Wildman–Crippen LogP) is 3.99. The van der Waals surface area contributed by atoms with Crippen LogP contribution in [-0.4, -0.2) is 42.0 Å². The van der Waals surface area contributed by atoms with E-state index >= 15 is 0 Å². The first-order valence-electron chi connectivity index (χ1n) is 10.2. The first-order valence-corrected chi connectivity index (χ1v) is 10.2. The molecule has 1 amide bonds. The van der Waals surface area contributed by atoms with E-state index in [0.717, 1.165) is 0 Å². The number of aryl methyl sites for hydroxylation is 2. The normalized spacial score (nSPS) is 14.8. The molecule has 0 aliphatic carbocycles. The van der Waals surface area contributed by atoms with Gasteiger partial charge in [-0.2, -0.15) is 23.4 Å². The molecule has 0 spiro atoms. The molecular formula is C21H20F3N7O. The van der Waals surface area contributed by atoms with Gasteiger partial charge < -0.3 is 4.98 Å². The third kappa shape index (κ3) is 3.24. The highest BCUT2D eigenvalue weighted by Gasteiger charge is 2.38. The molecule has 0 aromatic carbocycles. The Balaban J connectivity index is 1.79. The average Bonchev–Trinajstić information content (AvgIpc) is 3.43. The summed E-state index contributed by atoms with van der Waals surface area (Å²) in [7, 11) is 1.76. The van der Waals surface area contributed by atoms with E-state index in [0.29, 0.717) is 46.5 Å². The van der Waals surface area contributed by atoms with Crippen molar-refractivity contribution in [3.05, 3.63) is 36.5 Å². The van der Waals surface area contributed by atoms with Crippen LogP contribution in [0.25, 0.3) is 33.3 Å². The standard InChI is InChI=1S/C21H20F3N7O/c1-3-31-17(32)5-4-6-30-11-16(18(27-30)21(22,23)24)14-9-26-19-13(14)7-12(8-25-19)15-10-29(2)28-20(15)31/h7-11H,3-6H2,1-2H3,(H,25,26). The molecule has 0 radical (unpaired) electrons. The lowest BCUT2D eigenvalue weighted by Crippen LogP contribution is -2.31. The summed E-state index contributed by atoms with van der Waals surface area (Å²) < 4.78 is 44.2. The molecule has 0 unspecified atom stereocenters. The Morgan fingerprint density at radius 1 is 1.16 bits per heavy atom. The molecule has 1 aliphatic rings. The summed E-state index contributed by atoms with van der Waals surface area (Å²) in [5.41, 5.74) is 1.21. The zero-order valence-electron chi connectivity index (χ0n) is 17.4. The number of amides is 1. The second kappa shape index (κ2) is 7.21. The van der Waals surface area contributed by atoms with Crippen LogP contribution < -0.4 is 4.90 Å². The number of anilines is 1. The Hall–Kier alpha value is -3.63. The molecule has 8 nitrogen and oxygen atoms in total. The fraction of sp³-hybridized carbons (Fsp3) is 0.333. The molecule has 0 fully saturated rings.